The van der Waals surface area contributed by atoms with Crippen LogP contribution in [0.5, 0.6) is 0 Å². The van der Waals surface area contributed by atoms with E-state index in [0.717, 1.165) is 56.2 Å². The monoisotopic (exact) mass is 418 g/mol. The first kappa shape index (κ1) is 19.8. The molecule has 0 atom stereocenters. The first-order valence-electron chi connectivity index (χ1n) is 11.4. The molecular formula is C24H30N6O. The van der Waals surface area contributed by atoms with Gasteiger partial charge in [-0.1, -0.05) is 18.2 Å². The predicted octanol–water partition coefficient (Wildman–Crippen LogP) is 3.25. The summed E-state index contributed by atoms with van der Waals surface area (Å²) in [6.07, 6.45) is 7.56. The highest BCUT2D eigenvalue weighted by Crippen LogP contribution is 2.23. The number of anilines is 2. The van der Waals surface area contributed by atoms with Gasteiger partial charge in [-0.05, 0) is 61.9 Å². The maximum Gasteiger partial charge on any atom is 0.231 e. The summed E-state index contributed by atoms with van der Waals surface area (Å²) in [5, 5.41) is 11.7. The Balaban J connectivity index is 1.12. The van der Waals surface area contributed by atoms with Gasteiger partial charge in [-0.15, -0.1) is 10.2 Å². The van der Waals surface area contributed by atoms with Gasteiger partial charge in [0.05, 0.1) is 0 Å². The Morgan fingerprint density at radius 3 is 2.45 bits per heavy atom. The Labute approximate surface area is 183 Å². The van der Waals surface area contributed by atoms with Crippen LogP contribution < -0.4 is 15.1 Å². The molecule has 2 aliphatic heterocycles. The van der Waals surface area contributed by atoms with Gasteiger partial charge < -0.3 is 15.1 Å². The van der Waals surface area contributed by atoms with E-state index in [4.69, 9.17) is 0 Å². The normalized spacial score (nSPS) is 17.8. The molecule has 2 saturated heterocycles. The highest BCUT2D eigenvalue weighted by atomic mass is 16.1. The maximum absolute atomic E-state index is 12.7. The van der Waals surface area contributed by atoms with Crippen molar-refractivity contribution in [1.29, 1.82) is 0 Å². The average molecular weight is 419 g/mol. The summed E-state index contributed by atoms with van der Waals surface area (Å²) in [6.45, 7) is 4.53. The van der Waals surface area contributed by atoms with Crippen LogP contribution in [0.3, 0.4) is 0 Å². The van der Waals surface area contributed by atoms with Gasteiger partial charge in [0.25, 0.3) is 0 Å². The van der Waals surface area contributed by atoms with Crippen LogP contribution >= 0.6 is 0 Å². The fourth-order valence-electron chi connectivity index (χ4n) is 4.70. The van der Waals surface area contributed by atoms with Crippen molar-refractivity contribution < 1.29 is 4.79 Å². The van der Waals surface area contributed by atoms with E-state index in [9.17, 15) is 4.79 Å². The van der Waals surface area contributed by atoms with Crippen LogP contribution in [0.2, 0.25) is 0 Å². The number of fused-ring (bicyclic) bond motifs is 1. The van der Waals surface area contributed by atoms with Gasteiger partial charge in [0.2, 0.25) is 11.9 Å². The third-order valence-corrected chi connectivity index (χ3v) is 6.57. The van der Waals surface area contributed by atoms with Crippen molar-refractivity contribution in [3.63, 3.8) is 0 Å². The number of nitrogens with zero attached hydrogens (tertiary/aromatic N) is 5. The number of pyridine rings is 1. The van der Waals surface area contributed by atoms with Gasteiger partial charge in [-0.25, -0.2) is 0 Å². The van der Waals surface area contributed by atoms with Crippen LogP contribution in [-0.2, 0) is 11.3 Å². The molecule has 0 spiro atoms. The second-order valence-electron chi connectivity index (χ2n) is 8.62. The van der Waals surface area contributed by atoms with E-state index in [1.165, 1.54) is 24.9 Å². The third-order valence-electron chi connectivity index (χ3n) is 6.57. The Hall–Kier alpha value is -3.09. The van der Waals surface area contributed by atoms with Gasteiger partial charge in [0.1, 0.15) is 0 Å². The molecule has 4 heterocycles. The van der Waals surface area contributed by atoms with E-state index < -0.39 is 0 Å². The number of hydrogen-bond donors (Lipinski definition) is 1. The predicted molar refractivity (Wildman–Crippen MR) is 122 cm³/mol. The fourth-order valence-corrected chi connectivity index (χ4v) is 4.70. The summed E-state index contributed by atoms with van der Waals surface area (Å²) >= 11 is 0. The first-order chi connectivity index (χ1) is 15.3. The molecule has 1 amide bonds. The Morgan fingerprint density at radius 2 is 1.68 bits per heavy atom. The number of carbonyl (C=O) groups is 1. The highest BCUT2D eigenvalue weighted by Gasteiger charge is 2.27. The van der Waals surface area contributed by atoms with E-state index in [0.29, 0.717) is 6.54 Å². The molecule has 0 bridgehead atoms. The Morgan fingerprint density at radius 1 is 0.903 bits per heavy atom. The molecule has 3 aromatic rings. The lowest BCUT2D eigenvalue weighted by Gasteiger charge is -2.31. The summed E-state index contributed by atoms with van der Waals surface area (Å²) in [5.74, 6) is 1.08. The standard InChI is InChI=1S/C24H30N6O/c31-23(25-18-19-7-9-21(10-8-19)28-13-3-1-4-14-28)20-11-16-29(17-12-20)24-27-26-22-6-2-5-15-30(22)24/h2,5-10,15,20H,1,3-4,11-14,16-18H2,(H,25,31). The van der Waals surface area contributed by atoms with Crippen LogP contribution in [0.25, 0.3) is 5.65 Å². The van der Waals surface area contributed by atoms with E-state index in [1.807, 2.05) is 28.8 Å². The lowest BCUT2D eigenvalue weighted by molar-refractivity contribution is -0.125. The van der Waals surface area contributed by atoms with E-state index in [1.54, 1.807) is 0 Å². The number of nitrogens with one attached hydrogen (secondary N) is 1. The molecule has 31 heavy (non-hydrogen) atoms. The van der Waals surface area contributed by atoms with Gasteiger partial charge in [0.15, 0.2) is 5.65 Å². The average Bonchev–Trinajstić information content (AvgIpc) is 3.28. The quantitative estimate of drug-likeness (QED) is 0.689. The number of hydrogen-bond acceptors (Lipinski definition) is 5. The smallest absolute Gasteiger partial charge is 0.231 e. The molecule has 2 aliphatic rings. The van der Waals surface area contributed by atoms with Crippen molar-refractivity contribution in [2.24, 2.45) is 5.92 Å². The lowest BCUT2D eigenvalue weighted by Crippen LogP contribution is -2.41. The zero-order valence-corrected chi connectivity index (χ0v) is 17.9. The van der Waals surface area contributed by atoms with E-state index >= 15 is 0 Å². The number of benzene rings is 1. The van der Waals surface area contributed by atoms with E-state index in [-0.39, 0.29) is 11.8 Å². The van der Waals surface area contributed by atoms with Gasteiger partial charge in [-0.2, -0.15) is 0 Å². The zero-order valence-electron chi connectivity index (χ0n) is 17.9. The third kappa shape index (κ3) is 4.36. The minimum atomic E-state index is 0.0584. The fraction of sp³-hybridized carbons (Fsp3) is 0.458. The summed E-state index contributed by atoms with van der Waals surface area (Å²) in [6, 6.07) is 14.6. The molecule has 5 rings (SSSR count). The zero-order chi connectivity index (χ0) is 21.0. The topological polar surface area (TPSA) is 65.8 Å². The largest absolute Gasteiger partial charge is 0.372 e. The van der Waals surface area contributed by atoms with Crippen molar-refractivity contribution in [3.05, 3.63) is 54.2 Å². The lowest BCUT2D eigenvalue weighted by atomic mass is 9.96. The van der Waals surface area contributed by atoms with Crippen LogP contribution in [0.4, 0.5) is 11.6 Å². The number of rotatable bonds is 5. The molecule has 0 saturated carbocycles. The molecule has 0 radical (unpaired) electrons. The van der Waals surface area contributed by atoms with Crippen LogP contribution in [0.1, 0.15) is 37.7 Å². The molecule has 7 heteroatoms. The minimum absolute atomic E-state index is 0.0584. The molecule has 7 nitrogen and oxygen atoms in total. The SMILES string of the molecule is O=C(NCc1ccc(N2CCCCC2)cc1)C1CCN(c2nnc3ccccn23)CC1. The molecule has 162 valence electrons. The van der Waals surface area contributed by atoms with Crippen molar-refractivity contribution >= 4 is 23.2 Å². The van der Waals surface area contributed by atoms with Gasteiger partial charge in [-0.3, -0.25) is 9.20 Å². The van der Waals surface area contributed by atoms with Crippen LogP contribution in [0.15, 0.2) is 48.7 Å². The molecule has 1 aromatic carbocycles. The second kappa shape index (κ2) is 8.96. The second-order valence-corrected chi connectivity index (χ2v) is 8.62. The first-order valence-corrected chi connectivity index (χ1v) is 11.4. The molecule has 0 aliphatic carbocycles. The summed E-state index contributed by atoms with van der Waals surface area (Å²) in [7, 11) is 0. The number of piperidine rings is 2. The number of aromatic nitrogens is 3. The number of carbonyl (C=O) groups excluding carboxylic acids is 1. The molecule has 1 N–H and O–H groups in total. The van der Waals surface area contributed by atoms with Crippen molar-refractivity contribution in [1.82, 2.24) is 19.9 Å². The van der Waals surface area contributed by atoms with Crippen molar-refractivity contribution in [2.45, 2.75) is 38.6 Å². The molecule has 2 fully saturated rings. The summed E-state index contributed by atoms with van der Waals surface area (Å²) in [5.41, 5.74) is 3.30. The van der Waals surface area contributed by atoms with E-state index in [2.05, 4.69) is 49.6 Å². The van der Waals surface area contributed by atoms with Crippen molar-refractivity contribution in [2.75, 3.05) is 36.0 Å². The highest BCUT2D eigenvalue weighted by molar-refractivity contribution is 5.79. The maximum atomic E-state index is 12.7. The minimum Gasteiger partial charge on any atom is -0.372 e. The van der Waals surface area contributed by atoms with Gasteiger partial charge >= 0.3 is 0 Å². The van der Waals surface area contributed by atoms with Crippen LogP contribution in [0, 0.1) is 5.92 Å². The molecule has 2 aromatic heterocycles. The number of amides is 1. The Bertz CT molecular complexity index is 1020. The summed E-state index contributed by atoms with van der Waals surface area (Å²) in [4.78, 5) is 17.4. The van der Waals surface area contributed by atoms with Gasteiger partial charge in [0, 0.05) is 50.5 Å². The van der Waals surface area contributed by atoms with Crippen LogP contribution in [-0.4, -0.2) is 46.7 Å². The Kier molecular flexibility index (Phi) is 5.74. The molecule has 0 unspecified atom stereocenters. The van der Waals surface area contributed by atoms with Crippen molar-refractivity contribution in [3.8, 4) is 0 Å². The molecular weight excluding hydrogens is 388 g/mol. The summed E-state index contributed by atoms with van der Waals surface area (Å²) < 4.78 is 2.01.